The Labute approximate surface area is 208 Å². The maximum atomic E-state index is 13.2. The number of nitrogens with one attached hydrogen (secondary N) is 1. The first kappa shape index (κ1) is 21.5. The van der Waals surface area contributed by atoms with Crippen LogP contribution in [0.4, 0.5) is 11.5 Å². The molecule has 0 bridgehead atoms. The second-order valence-corrected chi connectivity index (χ2v) is 9.87. The maximum absolute atomic E-state index is 13.2. The highest BCUT2D eigenvalue weighted by molar-refractivity contribution is 6.03. The molecule has 2 saturated heterocycles. The molecule has 3 aliphatic rings. The lowest BCUT2D eigenvalue weighted by Gasteiger charge is -2.33. The van der Waals surface area contributed by atoms with E-state index in [1.165, 1.54) is 6.33 Å². The Morgan fingerprint density at radius 2 is 1.94 bits per heavy atom. The number of nitrogens with two attached hydrogens (primary N) is 1. The lowest BCUT2D eigenvalue weighted by atomic mass is 10.1. The van der Waals surface area contributed by atoms with E-state index >= 15 is 0 Å². The molecule has 5 heterocycles. The van der Waals surface area contributed by atoms with Gasteiger partial charge in [0.25, 0.3) is 0 Å². The van der Waals surface area contributed by atoms with Gasteiger partial charge in [-0.25, -0.2) is 9.50 Å². The van der Waals surface area contributed by atoms with Crippen molar-refractivity contribution in [2.45, 2.75) is 37.3 Å². The van der Waals surface area contributed by atoms with Gasteiger partial charge in [-0.3, -0.25) is 9.48 Å². The highest BCUT2D eigenvalue weighted by Gasteiger charge is 2.53. The summed E-state index contributed by atoms with van der Waals surface area (Å²) < 4.78 is 9.49. The zero-order valence-electron chi connectivity index (χ0n) is 19.9. The molecule has 2 aliphatic heterocycles. The van der Waals surface area contributed by atoms with E-state index in [1.807, 2.05) is 39.9 Å². The average molecular weight is 485 g/mol. The summed E-state index contributed by atoms with van der Waals surface area (Å²) in [5, 5.41) is 12.6. The minimum Gasteiger partial charge on any atom is -0.382 e. The highest BCUT2D eigenvalue weighted by atomic mass is 16.5. The molecule has 10 heteroatoms. The Bertz CT molecular complexity index is 1460. The third-order valence-electron chi connectivity index (χ3n) is 7.72. The first-order chi connectivity index (χ1) is 17.6. The average Bonchev–Trinajstić information content (AvgIpc) is 3.33. The smallest absolute Gasteiger partial charge is 0.247 e. The molecule has 1 saturated carbocycles. The van der Waals surface area contributed by atoms with E-state index in [1.54, 1.807) is 0 Å². The van der Waals surface area contributed by atoms with Crippen LogP contribution in [-0.4, -0.2) is 62.1 Å². The molecule has 0 unspecified atom stereocenters. The molecule has 1 aromatic carbocycles. The summed E-state index contributed by atoms with van der Waals surface area (Å²) in [4.78, 5) is 19.4. The van der Waals surface area contributed by atoms with Crippen LogP contribution in [-0.2, 0) is 9.53 Å². The molecule has 3 fully saturated rings. The van der Waals surface area contributed by atoms with Crippen LogP contribution in [0, 0.1) is 0 Å². The number of nitrogen functional groups attached to an aromatic ring is 1. The van der Waals surface area contributed by atoms with Gasteiger partial charge in [0, 0.05) is 49.3 Å². The number of amides is 1. The fourth-order valence-electron chi connectivity index (χ4n) is 5.65. The van der Waals surface area contributed by atoms with E-state index in [9.17, 15) is 4.79 Å². The molecule has 0 radical (unpaired) electrons. The number of fused-ring (bicyclic) bond motifs is 1. The molecule has 4 aromatic rings. The number of nitrogens with zero attached hydrogens (tertiary/aromatic N) is 6. The summed E-state index contributed by atoms with van der Waals surface area (Å²) in [7, 11) is 0. The lowest BCUT2D eigenvalue weighted by molar-refractivity contribution is -0.122. The van der Waals surface area contributed by atoms with E-state index in [4.69, 9.17) is 10.5 Å². The Kier molecular flexibility index (Phi) is 4.87. The van der Waals surface area contributed by atoms with Crippen molar-refractivity contribution in [1.29, 1.82) is 0 Å². The molecule has 7 rings (SSSR count). The number of aromatic nitrogens is 5. The van der Waals surface area contributed by atoms with Crippen LogP contribution < -0.4 is 16.0 Å². The first-order valence-electron chi connectivity index (χ1n) is 12.6. The van der Waals surface area contributed by atoms with Gasteiger partial charge in [0.1, 0.15) is 11.8 Å². The number of anilines is 2. The van der Waals surface area contributed by atoms with Crippen LogP contribution in [0.3, 0.4) is 0 Å². The van der Waals surface area contributed by atoms with Gasteiger partial charge in [0.2, 0.25) is 5.91 Å². The predicted octanol–water partition coefficient (Wildman–Crippen LogP) is 2.66. The molecule has 1 aliphatic carbocycles. The van der Waals surface area contributed by atoms with Gasteiger partial charge in [0.05, 0.1) is 23.0 Å². The molecule has 0 atom stereocenters. The van der Waals surface area contributed by atoms with Crippen molar-refractivity contribution >= 4 is 22.9 Å². The molecular weight excluding hydrogens is 456 g/mol. The summed E-state index contributed by atoms with van der Waals surface area (Å²) in [5.41, 5.74) is 11.5. The van der Waals surface area contributed by atoms with Gasteiger partial charge in [0.15, 0.2) is 5.82 Å². The topological polar surface area (TPSA) is 116 Å². The Balaban J connectivity index is 1.33. The maximum Gasteiger partial charge on any atom is 0.247 e. The number of rotatable bonds is 4. The molecule has 1 amide bonds. The fraction of sp³-hybridized carbons (Fsp3) is 0.385. The number of ether oxygens (including phenoxy) is 1. The minimum absolute atomic E-state index is 0.165. The van der Waals surface area contributed by atoms with E-state index in [0.29, 0.717) is 12.4 Å². The molecule has 10 nitrogen and oxygen atoms in total. The highest BCUT2D eigenvalue weighted by Crippen LogP contribution is 2.41. The van der Waals surface area contributed by atoms with E-state index in [-0.39, 0.29) is 17.5 Å². The SMILES string of the molecule is Nc1ncnn2c(-c3cccc(N4CCNC5(CC5)C4=O)c3)cc(-c3ccnn3C3CCOCC3)c12. The van der Waals surface area contributed by atoms with Crippen molar-refractivity contribution in [3.8, 4) is 22.5 Å². The summed E-state index contributed by atoms with van der Waals surface area (Å²) in [6, 6.07) is 12.5. The Hall–Kier alpha value is -3.76. The molecule has 3 aromatic heterocycles. The summed E-state index contributed by atoms with van der Waals surface area (Å²) >= 11 is 0. The predicted molar refractivity (Wildman–Crippen MR) is 135 cm³/mol. The van der Waals surface area contributed by atoms with E-state index < -0.39 is 0 Å². The van der Waals surface area contributed by atoms with Crippen molar-refractivity contribution < 1.29 is 9.53 Å². The normalized spacial score (nSPS) is 19.9. The Morgan fingerprint density at radius 1 is 1.08 bits per heavy atom. The standard InChI is InChI=1S/C26H28N8O2/c27-24-23-20(21-4-9-30-33(21)18-5-12-36-13-6-18)15-22(34(23)31-16-28-24)17-2-1-3-19(14-17)32-11-10-29-26(7-8-26)25(32)35/h1-4,9,14-16,18,29H,5-8,10-13H2,(H2,27,28,31). The monoisotopic (exact) mass is 484 g/mol. The van der Waals surface area contributed by atoms with Gasteiger partial charge in [-0.15, -0.1) is 0 Å². The number of benzene rings is 1. The summed E-state index contributed by atoms with van der Waals surface area (Å²) in [5.74, 6) is 0.577. The second-order valence-electron chi connectivity index (χ2n) is 9.87. The van der Waals surface area contributed by atoms with Crippen LogP contribution >= 0.6 is 0 Å². The Morgan fingerprint density at radius 3 is 2.78 bits per heavy atom. The third kappa shape index (κ3) is 3.32. The number of hydrogen-bond acceptors (Lipinski definition) is 7. The molecule has 184 valence electrons. The third-order valence-corrected chi connectivity index (χ3v) is 7.72. The molecule has 36 heavy (non-hydrogen) atoms. The van der Waals surface area contributed by atoms with Crippen LogP contribution in [0.5, 0.6) is 0 Å². The van der Waals surface area contributed by atoms with Crippen LogP contribution in [0.1, 0.15) is 31.7 Å². The zero-order chi connectivity index (χ0) is 24.3. The van der Waals surface area contributed by atoms with Crippen LogP contribution in [0.2, 0.25) is 0 Å². The minimum atomic E-state index is -0.354. The number of piperazine rings is 1. The molecule has 3 N–H and O–H groups in total. The quantitative estimate of drug-likeness (QED) is 0.458. The largest absolute Gasteiger partial charge is 0.382 e. The van der Waals surface area contributed by atoms with E-state index in [0.717, 1.165) is 79.2 Å². The van der Waals surface area contributed by atoms with Crippen molar-refractivity contribution in [2.24, 2.45) is 0 Å². The molecular formula is C26H28N8O2. The van der Waals surface area contributed by atoms with Crippen molar-refractivity contribution in [3.63, 3.8) is 0 Å². The summed E-state index contributed by atoms with van der Waals surface area (Å²) in [6.45, 7) is 2.92. The number of carbonyl (C=O) groups is 1. The van der Waals surface area contributed by atoms with E-state index in [2.05, 4.69) is 37.3 Å². The summed E-state index contributed by atoms with van der Waals surface area (Å²) in [6.07, 6.45) is 6.96. The van der Waals surface area contributed by atoms with Crippen molar-refractivity contribution in [1.82, 2.24) is 29.7 Å². The van der Waals surface area contributed by atoms with Gasteiger partial charge < -0.3 is 20.7 Å². The lowest BCUT2D eigenvalue weighted by Crippen LogP contribution is -2.57. The van der Waals surface area contributed by atoms with Crippen LogP contribution in [0.15, 0.2) is 48.9 Å². The fourth-order valence-corrected chi connectivity index (χ4v) is 5.65. The van der Waals surface area contributed by atoms with Crippen molar-refractivity contribution in [2.75, 3.05) is 36.9 Å². The molecule has 1 spiro atoms. The van der Waals surface area contributed by atoms with Gasteiger partial charge in [-0.1, -0.05) is 12.1 Å². The van der Waals surface area contributed by atoms with Gasteiger partial charge >= 0.3 is 0 Å². The van der Waals surface area contributed by atoms with Crippen LogP contribution in [0.25, 0.3) is 28.0 Å². The number of carbonyl (C=O) groups excluding carboxylic acids is 1. The van der Waals surface area contributed by atoms with Gasteiger partial charge in [-0.2, -0.15) is 10.2 Å². The van der Waals surface area contributed by atoms with Crippen molar-refractivity contribution in [3.05, 3.63) is 48.9 Å². The number of hydrogen-bond donors (Lipinski definition) is 2. The zero-order valence-corrected chi connectivity index (χ0v) is 19.9. The first-order valence-corrected chi connectivity index (χ1v) is 12.6. The van der Waals surface area contributed by atoms with Gasteiger partial charge in [-0.05, 0) is 49.9 Å². The second kappa shape index (κ2) is 8.14.